The second-order valence-corrected chi connectivity index (χ2v) is 7.43. The summed E-state index contributed by atoms with van der Waals surface area (Å²) in [5.41, 5.74) is -0.139. The first kappa shape index (κ1) is 19.9. The van der Waals surface area contributed by atoms with E-state index in [1.54, 1.807) is 31.3 Å². The van der Waals surface area contributed by atoms with Crippen molar-refractivity contribution in [2.45, 2.75) is 38.8 Å². The molecular weight excluding hydrogens is 441 g/mol. The zero-order chi connectivity index (χ0) is 25.5. The average Bonchev–Trinajstić information content (AvgIpc) is 3.22. The third kappa shape index (κ3) is 4.72. The average molecular weight is 464 g/mol. The molecule has 4 rings (SSSR count). The summed E-state index contributed by atoms with van der Waals surface area (Å²) in [7, 11) is 1.62. The number of hydrogen-bond donors (Lipinski definition) is 3. The monoisotopic (exact) mass is 464 g/mol. The van der Waals surface area contributed by atoms with Gasteiger partial charge in [-0.2, -0.15) is 23.3 Å². The Morgan fingerprint density at radius 3 is 2.73 bits per heavy atom. The van der Waals surface area contributed by atoms with Crippen LogP contribution < -0.4 is 15.5 Å². The summed E-state index contributed by atoms with van der Waals surface area (Å²) >= 11 is 0. The van der Waals surface area contributed by atoms with Crippen LogP contribution >= 0.6 is 0 Å². The first-order valence-corrected chi connectivity index (χ1v) is 9.79. The maximum atomic E-state index is 12.7. The molecule has 0 unspecified atom stereocenters. The summed E-state index contributed by atoms with van der Waals surface area (Å²) in [6.45, 7) is -0.790. The van der Waals surface area contributed by atoms with Crippen LogP contribution in [0.5, 0.6) is 0 Å². The molecule has 0 spiro atoms. The van der Waals surface area contributed by atoms with Crippen LogP contribution in [0.3, 0.4) is 0 Å². The van der Waals surface area contributed by atoms with Crippen molar-refractivity contribution in [2.75, 3.05) is 22.6 Å². The highest BCUT2D eigenvalue weighted by Crippen LogP contribution is 2.32. The summed E-state index contributed by atoms with van der Waals surface area (Å²) in [4.78, 5) is 25.5. The zero-order valence-corrected chi connectivity index (χ0v) is 17.6. The summed E-state index contributed by atoms with van der Waals surface area (Å²) in [5, 5.41) is 19.6. The highest BCUT2D eigenvalue weighted by Gasteiger charge is 2.32. The summed E-state index contributed by atoms with van der Waals surface area (Å²) < 4.78 is 54.9. The number of aromatic nitrogens is 5. The molecule has 0 saturated carbocycles. The third-order valence-corrected chi connectivity index (χ3v) is 5.14. The van der Waals surface area contributed by atoms with Crippen molar-refractivity contribution in [2.24, 2.45) is 0 Å². The number of carbonyl (C=O) groups excluding carboxylic acids is 1. The number of nitrogens with zero attached hydrogens (tertiary/aromatic N) is 6. The quantitative estimate of drug-likeness (QED) is 0.507. The number of pyridine rings is 1. The van der Waals surface area contributed by atoms with Crippen LogP contribution in [0.15, 0.2) is 30.7 Å². The highest BCUT2D eigenvalue weighted by atomic mass is 19.4. The molecule has 13 heteroatoms. The van der Waals surface area contributed by atoms with Gasteiger partial charge < -0.3 is 20.6 Å². The van der Waals surface area contributed by atoms with E-state index in [0.29, 0.717) is 11.1 Å². The lowest BCUT2D eigenvalue weighted by molar-refractivity contribution is -0.141. The number of nitrogens with one attached hydrogen (secondary N) is 2. The van der Waals surface area contributed by atoms with Crippen molar-refractivity contribution in [3.8, 4) is 0 Å². The van der Waals surface area contributed by atoms with Gasteiger partial charge in [0.05, 0.1) is 27.7 Å². The van der Waals surface area contributed by atoms with E-state index in [-0.39, 0.29) is 42.1 Å². The van der Waals surface area contributed by atoms with Crippen LogP contribution in [-0.2, 0) is 30.6 Å². The van der Waals surface area contributed by atoms with Gasteiger partial charge in [0.25, 0.3) is 0 Å². The van der Waals surface area contributed by atoms with Gasteiger partial charge in [0.2, 0.25) is 11.9 Å². The zero-order valence-electron chi connectivity index (χ0n) is 19.6. The number of rotatable bonds is 6. The standard InChI is InChI=1S/C20H21F3N8O2/c1-11-18(33)28-16-14(10-32)27-19(29-17(16)30(11)2)25-6-13-7-26-31(9-13)8-12-3-4-15(24-5-12)20(21,22)23/h3-5,7,9,11,32H,6,8,10H2,1-2H3,(H,28,33)(H,25,27,29)/t11-/m0/s1/i10D2. The Bertz CT molecular complexity index is 1240. The molecule has 0 radical (unpaired) electrons. The van der Waals surface area contributed by atoms with Gasteiger partial charge in [-0.3, -0.25) is 14.5 Å². The molecule has 0 aromatic carbocycles. The number of aliphatic hydroxyl groups is 1. The number of alkyl halides is 3. The minimum atomic E-state index is -4.50. The van der Waals surface area contributed by atoms with E-state index in [2.05, 4.69) is 30.7 Å². The Labute approximate surface area is 189 Å². The van der Waals surface area contributed by atoms with Crippen molar-refractivity contribution in [1.82, 2.24) is 24.7 Å². The molecular formula is C20H21F3N8O2. The van der Waals surface area contributed by atoms with Crippen molar-refractivity contribution in [1.29, 1.82) is 0 Å². The minimum Gasteiger partial charge on any atom is -0.390 e. The van der Waals surface area contributed by atoms with Gasteiger partial charge in [0, 0.05) is 31.5 Å². The van der Waals surface area contributed by atoms with E-state index in [1.807, 2.05) is 0 Å². The van der Waals surface area contributed by atoms with Crippen molar-refractivity contribution in [3.63, 3.8) is 0 Å². The van der Waals surface area contributed by atoms with E-state index in [9.17, 15) is 23.1 Å². The van der Waals surface area contributed by atoms with Crippen LogP contribution in [0.1, 0.15) is 32.2 Å². The van der Waals surface area contributed by atoms with Gasteiger partial charge >= 0.3 is 6.18 Å². The maximum Gasteiger partial charge on any atom is 0.433 e. The molecule has 1 amide bonds. The van der Waals surface area contributed by atoms with Gasteiger partial charge in [-0.15, -0.1) is 0 Å². The molecule has 3 aromatic heterocycles. The Morgan fingerprint density at radius 2 is 2.06 bits per heavy atom. The third-order valence-electron chi connectivity index (χ3n) is 5.14. The van der Waals surface area contributed by atoms with Crippen LogP contribution in [-0.4, -0.2) is 48.8 Å². The van der Waals surface area contributed by atoms with Crippen molar-refractivity contribution in [3.05, 3.63) is 53.2 Å². The summed E-state index contributed by atoms with van der Waals surface area (Å²) in [6.07, 6.45) is -0.146. The fourth-order valence-electron chi connectivity index (χ4n) is 3.20. The number of likely N-dealkylation sites (N-methyl/N-ethyl adjacent to an activating group) is 1. The Morgan fingerprint density at radius 1 is 1.27 bits per heavy atom. The predicted molar refractivity (Wildman–Crippen MR) is 112 cm³/mol. The van der Waals surface area contributed by atoms with E-state index >= 15 is 0 Å². The lowest BCUT2D eigenvalue weighted by Crippen LogP contribution is -2.45. The fourth-order valence-corrected chi connectivity index (χ4v) is 3.20. The molecule has 1 aliphatic heterocycles. The summed E-state index contributed by atoms with van der Waals surface area (Å²) in [6, 6.07) is 1.67. The van der Waals surface area contributed by atoms with Gasteiger partial charge in [-0.1, -0.05) is 6.07 Å². The summed E-state index contributed by atoms with van der Waals surface area (Å²) in [5.74, 6) is -0.120. The van der Waals surface area contributed by atoms with Gasteiger partial charge in [0.15, 0.2) is 5.82 Å². The molecule has 10 nitrogen and oxygen atoms in total. The maximum absolute atomic E-state index is 12.7. The van der Waals surface area contributed by atoms with Crippen LogP contribution in [0.4, 0.5) is 30.6 Å². The molecule has 0 saturated heterocycles. The fraction of sp³-hybridized carbons (Fsp3) is 0.350. The number of amides is 1. The Kier molecular flexibility index (Phi) is 5.22. The first-order chi connectivity index (χ1) is 16.3. The first-order valence-electron chi connectivity index (χ1n) is 10.8. The van der Waals surface area contributed by atoms with E-state index in [4.69, 9.17) is 2.74 Å². The molecule has 0 bridgehead atoms. The second-order valence-electron chi connectivity index (χ2n) is 7.43. The van der Waals surface area contributed by atoms with Gasteiger partial charge in [-0.25, -0.2) is 4.98 Å². The van der Waals surface area contributed by atoms with Crippen molar-refractivity contribution < 1.29 is 25.8 Å². The van der Waals surface area contributed by atoms with E-state index < -0.39 is 24.5 Å². The van der Waals surface area contributed by atoms with Crippen molar-refractivity contribution >= 4 is 23.4 Å². The molecule has 3 aromatic rings. The molecule has 1 atom stereocenters. The number of carbonyl (C=O) groups is 1. The van der Waals surface area contributed by atoms with Crippen LogP contribution in [0.25, 0.3) is 0 Å². The molecule has 33 heavy (non-hydrogen) atoms. The molecule has 174 valence electrons. The number of anilines is 3. The van der Waals surface area contributed by atoms with Crippen LogP contribution in [0, 0.1) is 0 Å². The highest BCUT2D eigenvalue weighted by molar-refractivity contribution is 6.03. The number of halogens is 3. The Hall–Kier alpha value is -3.74. The molecule has 0 aliphatic carbocycles. The number of hydrogen-bond acceptors (Lipinski definition) is 8. The predicted octanol–water partition coefficient (Wildman–Crippen LogP) is 2.02. The Balaban J connectivity index is 1.49. The second kappa shape index (κ2) is 8.65. The molecule has 1 aliphatic rings. The lowest BCUT2D eigenvalue weighted by atomic mass is 10.2. The van der Waals surface area contributed by atoms with E-state index in [0.717, 1.165) is 12.3 Å². The molecule has 0 fully saturated rings. The topological polar surface area (TPSA) is 121 Å². The minimum absolute atomic E-state index is 0.00776. The smallest absolute Gasteiger partial charge is 0.390 e. The van der Waals surface area contributed by atoms with Gasteiger partial charge in [-0.05, 0) is 18.6 Å². The SMILES string of the molecule is [2H]C([2H])(O)c1nc(NCc2cnn(Cc3ccc(C(F)(F)F)nc3)c2)nc2c1NC(=O)[C@H](C)N2C. The normalized spacial score (nSPS) is 17.2. The largest absolute Gasteiger partial charge is 0.433 e. The van der Waals surface area contributed by atoms with Crippen LogP contribution in [0.2, 0.25) is 0 Å². The number of fused-ring (bicyclic) bond motifs is 1. The van der Waals surface area contributed by atoms with Gasteiger partial charge in [0.1, 0.15) is 17.4 Å². The molecule has 3 N–H and O–H groups in total. The molecule has 4 heterocycles. The van der Waals surface area contributed by atoms with E-state index in [1.165, 1.54) is 10.7 Å². The lowest BCUT2D eigenvalue weighted by Gasteiger charge is -2.32.